The summed E-state index contributed by atoms with van der Waals surface area (Å²) >= 11 is 0. The van der Waals surface area contributed by atoms with E-state index in [1.807, 2.05) is 66.7 Å². The number of carboxylic acids is 1. The van der Waals surface area contributed by atoms with E-state index in [1.54, 1.807) is 14.2 Å². The van der Waals surface area contributed by atoms with Crippen LogP contribution in [-0.4, -0.2) is 60.4 Å². The third kappa shape index (κ3) is 9.33. The number of carboxylic acid groups (broad SMARTS) is 1. The van der Waals surface area contributed by atoms with Crippen LogP contribution in [0.3, 0.4) is 0 Å². The third-order valence-electron chi connectivity index (χ3n) is 9.58. The molecule has 2 aliphatic rings. The van der Waals surface area contributed by atoms with Crippen molar-refractivity contribution in [1.29, 1.82) is 0 Å². The first kappa shape index (κ1) is 36.1. The highest BCUT2D eigenvalue weighted by Crippen LogP contribution is 2.40. The van der Waals surface area contributed by atoms with E-state index < -0.39 is 12.3 Å². The molecule has 2 aliphatic heterocycles. The predicted molar refractivity (Wildman–Crippen MR) is 192 cm³/mol. The summed E-state index contributed by atoms with van der Waals surface area (Å²) in [4.78, 5) is 25.4. The first-order valence-electron chi connectivity index (χ1n) is 17.5. The third-order valence-corrected chi connectivity index (χ3v) is 9.58. The number of fused-ring (bicyclic) bond motifs is 1. The Hall–Kier alpha value is -4.74. The summed E-state index contributed by atoms with van der Waals surface area (Å²) in [6.45, 7) is 2.76. The van der Waals surface area contributed by atoms with Gasteiger partial charge < -0.3 is 34.5 Å². The molecule has 268 valence electrons. The van der Waals surface area contributed by atoms with Crippen LogP contribution in [0.4, 0.5) is 0 Å². The number of nitrogens with one attached hydrogen (secondary N) is 1. The molecular formula is C41H46N2O8. The second-order valence-corrected chi connectivity index (χ2v) is 13.2. The summed E-state index contributed by atoms with van der Waals surface area (Å²) in [7, 11) is 3.33. The van der Waals surface area contributed by atoms with Crippen LogP contribution >= 0.6 is 0 Å². The molecule has 10 nitrogen and oxygen atoms in total. The van der Waals surface area contributed by atoms with Gasteiger partial charge in [0.05, 0.1) is 33.0 Å². The van der Waals surface area contributed by atoms with E-state index in [0.29, 0.717) is 19.4 Å². The van der Waals surface area contributed by atoms with Crippen molar-refractivity contribution in [3.8, 4) is 22.6 Å². The first-order chi connectivity index (χ1) is 24.8. The highest BCUT2D eigenvalue weighted by molar-refractivity contribution is 5.76. The molecule has 0 aromatic heterocycles. The standard InChI is InChI=1S/C41H46N2O8/c1-48-37-20-32-16-17-43(24-34(32)21-38(37)49-2)25-35-22-36(29-14-12-27(26-44)13-15-29)51-41(50-35)33-9-4-8-31(19-33)30-7-3-6-28(18-30)23-42-39(45)10-5-11-40(46)47/h3-4,6-9,12-15,18-21,35-36,41,44H,5,10-11,16-17,22-26H2,1-2H3,(H,42,45)(H,46,47)/t35-,36+,41+/m1/s1. The number of aliphatic carboxylic acids is 1. The van der Waals surface area contributed by atoms with Gasteiger partial charge in [0.15, 0.2) is 17.8 Å². The molecule has 4 aromatic carbocycles. The average molecular weight is 695 g/mol. The molecule has 1 fully saturated rings. The summed E-state index contributed by atoms with van der Waals surface area (Å²) in [6.07, 6.45) is 1.17. The van der Waals surface area contributed by atoms with Crippen LogP contribution in [0.1, 0.15) is 71.5 Å². The van der Waals surface area contributed by atoms with Crippen LogP contribution in [-0.2, 0) is 45.2 Å². The van der Waals surface area contributed by atoms with E-state index in [4.69, 9.17) is 24.1 Å². The minimum atomic E-state index is -0.902. The van der Waals surface area contributed by atoms with Gasteiger partial charge in [0, 0.05) is 51.0 Å². The highest BCUT2D eigenvalue weighted by Gasteiger charge is 2.34. The van der Waals surface area contributed by atoms with E-state index in [0.717, 1.165) is 70.9 Å². The van der Waals surface area contributed by atoms with Gasteiger partial charge in [-0.15, -0.1) is 0 Å². The molecule has 0 unspecified atom stereocenters. The minimum absolute atomic E-state index is 0.0135. The number of methoxy groups -OCH3 is 2. The molecule has 1 saturated heterocycles. The van der Waals surface area contributed by atoms with Crippen LogP contribution in [0.25, 0.3) is 11.1 Å². The van der Waals surface area contributed by atoms with Crippen molar-refractivity contribution < 1.29 is 38.7 Å². The Kier molecular flexibility index (Phi) is 12.0. The van der Waals surface area contributed by atoms with Crippen molar-refractivity contribution in [1.82, 2.24) is 10.2 Å². The van der Waals surface area contributed by atoms with Crippen molar-refractivity contribution in [2.75, 3.05) is 27.3 Å². The summed E-state index contributed by atoms with van der Waals surface area (Å²) in [5.41, 5.74) is 8.24. The zero-order valence-corrected chi connectivity index (χ0v) is 29.2. The number of carbonyl (C=O) groups is 2. The maximum absolute atomic E-state index is 12.2. The predicted octanol–water partition coefficient (Wildman–Crippen LogP) is 6.34. The molecule has 0 radical (unpaired) electrons. The number of hydrogen-bond acceptors (Lipinski definition) is 8. The Morgan fingerprint density at radius 2 is 1.57 bits per heavy atom. The number of nitrogens with zero attached hydrogens (tertiary/aromatic N) is 1. The Morgan fingerprint density at radius 1 is 0.843 bits per heavy atom. The van der Waals surface area contributed by atoms with Crippen molar-refractivity contribution >= 4 is 11.9 Å². The van der Waals surface area contributed by atoms with Gasteiger partial charge in [-0.1, -0.05) is 60.7 Å². The Labute approximate surface area is 298 Å². The number of carbonyl (C=O) groups excluding carboxylic acids is 1. The van der Waals surface area contributed by atoms with Crippen molar-refractivity contribution in [3.63, 3.8) is 0 Å². The number of rotatable bonds is 14. The molecule has 0 saturated carbocycles. The van der Waals surface area contributed by atoms with Gasteiger partial charge in [-0.2, -0.15) is 0 Å². The zero-order chi connectivity index (χ0) is 35.7. The van der Waals surface area contributed by atoms with Crippen LogP contribution in [0.15, 0.2) is 84.9 Å². The van der Waals surface area contributed by atoms with Crippen LogP contribution < -0.4 is 14.8 Å². The molecule has 0 bridgehead atoms. The fourth-order valence-electron chi connectivity index (χ4n) is 6.83. The minimum Gasteiger partial charge on any atom is -0.493 e. The average Bonchev–Trinajstić information content (AvgIpc) is 3.16. The van der Waals surface area contributed by atoms with Gasteiger partial charge in [-0.3, -0.25) is 14.5 Å². The van der Waals surface area contributed by atoms with Gasteiger partial charge in [0.2, 0.25) is 5.91 Å². The lowest BCUT2D eigenvalue weighted by molar-refractivity contribution is -0.253. The number of aliphatic hydroxyl groups is 1. The second-order valence-electron chi connectivity index (χ2n) is 13.2. The Bertz CT molecular complexity index is 1810. The maximum atomic E-state index is 12.2. The van der Waals surface area contributed by atoms with E-state index in [2.05, 4.69) is 28.4 Å². The second kappa shape index (κ2) is 17.0. The maximum Gasteiger partial charge on any atom is 0.303 e. The number of hydrogen-bond donors (Lipinski definition) is 3. The quantitative estimate of drug-likeness (QED) is 0.139. The molecule has 10 heteroatoms. The van der Waals surface area contributed by atoms with E-state index in [1.165, 1.54) is 11.1 Å². The molecule has 3 atom stereocenters. The van der Waals surface area contributed by atoms with Crippen LogP contribution in [0.5, 0.6) is 11.5 Å². The molecule has 1 amide bonds. The SMILES string of the molecule is COc1cc2c(cc1OC)CN(C[C@H]1C[C@@H](c3ccc(CO)cc3)O[C@@H](c3cccc(-c4cccc(CNC(=O)CCCC(=O)O)c4)c3)O1)CC2. The lowest BCUT2D eigenvalue weighted by Gasteiger charge is -2.39. The van der Waals surface area contributed by atoms with E-state index in [-0.39, 0.29) is 37.6 Å². The van der Waals surface area contributed by atoms with Gasteiger partial charge in [-0.25, -0.2) is 0 Å². The molecule has 4 aromatic rings. The number of aliphatic hydroxyl groups excluding tert-OH is 1. The van der Waals surface area contributed by atoms with Crippen molar-refractivity contribution in [2.45, 2.75) is 70.3 Å². The largest absolute Gasteiger partial charge is 0.493 e. The smallest absolute Gasteiger partial charge is 0.303 e. The van der Waals surface area contributed by atoms with Crippen molar-refractivity contribution in [2.24, 2.45) is 0 Å². The summed E-state index contributed by atoms with van der Waals surface area (Å²) in [6, 6.07) is 28.3. The molecule has 6 rings (SSSR count). The Morgan fingerprint density at radius 3 is 2.29 bits per heavy atom. The molecule has 3 N–H and O–H groups in total. The number of amides is 1. The van der Waals surface area contributed by atoms with E-state index in [9.17, 15) is 14.7 Å². The lowest BCUT2D eigenvalue weighted by atomic mass is 9.96. The Balaban J connectivity index is 1.18. The number of ether oxygens (including phenoxy) is 4. The van der Waals surface area contributed by atoms with E-state index >= 15 is 0 Å². The van der Waals surface area contributed by atoms with Gasteiger partial charge in [0.1, 0.15) is 0 Å². The molecular weight excluding hydrogens is 648 g/mol. The zero-order valence-electron chi connectivity index (χ0n) is 29.2. The lowest BCUT2D eigenvalue weighted by Crippen LogP contribution is -2.41. The normalized spacial score (nSPS) is 18.8. The first-order valence-corrected chi connectivity index (χ1v) is 17.5. The van der Waals surface area contributed by atoms with Crippen LogP contribution in [0, 0.1) is 0 Å². The fourth-order valence-corrected chi connectivity index (χ4v) is 6.83. The molecule has 0 aliphatic carbocycles. The van der Waals surface area contributed by atoms with Crippen LogP contribution in [0.2, 0.25) is 0 Å². The summed E-state index contributed by atoms with van der Waals surface area (Å²) < 4.78 is 24.5. The monoisotopic (exact) mass is 694 g/mol. The summed E-state index contributed by atoms with van der Waals surface area (Å²) in [5.74, 6) is 0.413. The van der Waals surface area contributed by atoms with Gasteiger partial charge in [-0.05, 0) is 76.1 Å². The molecule has 2 heterocycles. The molecule has 0 spiro atoms. The summed E-state index contributed by atoms with van der Waals surface area (Å²) in [5, 5.41) is 21.3. The number of benzene rings is 4. The van der Waals surface area contributed by atoms with Crippen molar-refractivity contribution in [3.05, 3.63) is 118 Å². The van der Waals surface area contributed by atoms with Gasteiger partial charge >= 0.3 is 5.97 Å². The fraction of sp³-hybridized carbons (Fsp3) is 0.366. The highest BCUT2D eigenvalue weighted by atomic mass is 16.7. The molecule has 51 heavy (non-hydrogen) atoms. The van der Waals surface area contributed by atoms with Gasteiger partial charge in [0.25, 0.3) is 0 Å². The topological polar surface area (TPSA) is 127 Å².